The van der Waals surface area contributed by atoms with E-state index >= 15 is 0 Å². The SMILES string of the molecule is Clc1cc(Cl)c(Nc2nc(Nc3c(Cl)cc(Cl)cc3Cl)nc(Nc3c(Cl)cc(Cl)cc3Cl)n2)c(Cl)c1. The molecule has 3 N–H and O–H groups in total. The van der Waals surface area contributed by atoms with Gasteiger partial charge in [-0.15, -0.1) is 0 Å². The molecule has 0 bridgehead atoms. The van der Waals surface area contributed by atoms with E-state index in [9.17, 15) is 0 Å². The second kappa shape index (κ2) is 11.6. The van der Waals surface area contributed by atoms with E-state index in [0.717, 1.165) is 0 Å². The molecule has 0 atom stereocenters. The Morgan fingerprint density at radius 1 is 0.361 bits per heavy atom. The van der Waals surface area contributed by atoms with E-state index in [1.165, 1.54) is 36.4 Å². The highest BCUT2D eigenvalue weighted by atomic mass is 35.5. The van der Waals surface area contributed by atoms with Gasteiger partial charge in [0.05, 0.1) is 47.2 Å². The van der Waals surface area contributed by atoms with Crippen molar-refractivity contribution in [3.63, 3.8) is 0 Å². The highest BCUT2D eigenvalue weighted by Gasteiger charge is 2.17. The monoisotopic (exact) mass is 660 g/mol. The van der Waals surface area contributed by atoms with Crippen molar-refractivity contribution in [3.05, 3.63) is 81.6 Å². The molecule has 6 nitrogen and oxygen atoms in total. The number of rotatable bonds is 6. The number of halogens is 9. The van der Waals surface area contributed by atoms with Crippen LogP contribution in [0.25, 0.3) is 0 Å². The van der Waals surface area contributed by atoms with Gasteiger partial charge in [0, 0.05) is 15.1 Å². The molecule has 0 aliphatic rings. The van der Waals surface area contributed by atoms with Crippen LogP contribution in [0, 0.1) is 0 Å². The van der Waals surface area contributed by atoms with E-state index < -0.39 is 0 Å². The molecule has 0 aliphatic heterocycles. The molecule has 186 valence electrons. The largest absolute Gasteiger partial charge is 0.321 e. The van der Waals surface area contributed by atoms with Crippen molar-refractivity contribution in [1.29, 1.82) is 0 Å². The van der Waals surface area contributed by atoms with E-state index in [1.54, 1.807) is 0 Å². The first-order valence-corrected chi connectivity index (χ1v) is 12.9. The second-order valence-electron chi connectivity index (χ2n) is 6.91. The summed E-state index contributed by atoms with van der Waals surface area (Å²) >= 11 is 55.9. The summed E-state index contributed by atoms with van der Waals surface area (Å²) in [7, 11) is 0. The number of anilines is 6. The van der Waals surface area contributed by atoms with E-state index in [-0.39, 0.29) is 48.0 Å². The first-order valence-electron chi connectivity index (χ1n) is 9.51. The Morgan fingerprint density at radius 3 is 0.750 bits per heavy atom. The minimum Gasteiger partial charge on any atom is -0.321 e. The topological polar surface area (TPSA) is 74.8 Å². The zero-order chi connectivity index (χ0) is 26.1. The van der Waals surface area contributed by atoms with Gasteiger partial charge in [-0.25, -0.2) is 0 Å². The molecule has 36 heavy (non-hydrogen) atoms. The average Bonchev–Trinajstić information content (AvgIpc) is 2.76. The summed E-state index contributed by atoms with van der Waals surface area (Å²) in [4.78, 5) is 13.1. The van der Waals surface area contributed by atoms with Crippen molar-refractivity contribution in [2.24, 2.45) is 0 Å². The molecule has 0 unspecified atom stereocenters. The molecule has 0 radical (unpaired) electrons. The zero-order valence-corrected chi connectivity index (χ0v) is 24.0. The molecule has 0 saturated carbocycles. The van der Waals surface area contributed by atoms with Gasteiger partial charge in [-0.3, -0.25) is 0 Å². The van der Waals surface area contributed by atoms with Crippen molar-refractivity contribution in [2.45, 2.75) is 0 Å². The zero-order valence-electron chi connectivity index (χ0n) is 17.2. The summed E-state index contributed by atoms with van der Waals surface area (Å²) in [6, 6.07) is 9.07. The maximum Gasteiger partial charge on any atom is 0.233 e. The number of nitrogens with one attached hydrogen (secondary N) is 3. The fraction of sp³-hybridized carbons (Fsp3) is 0. The van der Waals surface area contributed by atoms with Gasteiger partial charge in [0.2, 0.25) is 17.8 Å². The van der Waals surface area contributed by atoms with Gasteiger partial charge in [0.15, 0.2) is 0 Å². The molecule has 0 fully saturated rings. The summed E-state index contributed by atoms with van der Waals surface area (Å²) in [5.74, 6) is 0.135. The summed E-state index contributed by atoms with van der Waals surface area (Å²) in [6.45, 7) is 0. The van der Waals surface area contributed by atoms with Crippen molar-refractivity contribution in [1.82, 2.24) is 15.0 Å². The molecule has 1 heterocycles. The molecular weight excluding hydrogens is 655 g/mol. The summed E-state index contributed by atoms with van der Waals surface area (Å²) in [6.07, 6.45) is 0. The Kier molecular flexibility index (Phi) is 8.93. The third-order valence-corrected chi connectivity index (χ3v) is 6.81. The lowest BCUT2D eigenvalue weighted by atomic mass is 10.3. The van der Waals surface area contributed by atoms with Gasteiger partial charge in [-0.2, -0.15) is 15.0 Å². The van der Waals surface area contributed by atoms with Crippen LogP contribution in [0.15, 0.2) is 36.4 Å². The van der Waals surface area contributed by atoms with Crippen LogP contribution < -0.4 is 16.0 Å². The first kappa shape index (κ1) is 27.7. The minimum absolute atomic E-state index is 0.0449. The van der Waals surface area contributed by atoms with Crippen molar-refractivity contribution >= 4 is 139 Å². The van der Waals surface area contributed by atoms with Gasteiger partial charge in [-0.05, 0) is 36.4 Å². The number of benzene rings is 3. The summed E-state index contributed by atoms with van der Waals surface area (Å²) in [5.41, 5.74) is 0.947. The van der Waals surface area contributed by atoms with Gasteiger partial charge in [0.25, 0.3) is 0 Å². The highest BCUT2D eigenvalue weighted by molar-refractivity contribution is 6.43. The van der Waals surface area contributed by atoms with Crippen LogP contribution in [0.3, 0.4) is 0 Å². The van der Waals surface area contributed by atoms with Crippen molar-refractivity contribution in [2.75, 3.05) is 16.0 Å². The first-order chi connectivity index (χ1) is 17.0. The number of hydrogen-bond acceptors (Lipinski definition) is 6. The molecule has 0 saturated heterocycles. The predicted molar refractivity (Wildman–Crippen MR) is 154 cm³/mol. The van der Waals surface area contributed by atoms with Crippen LogP contribution in [0.4, 0.5) is 34.9 Å². The highest BCUT2D eigenvalue weighted by Crippen LogP contribution is 2.39. The predicted octanol–water partition coefficient (Wildman–Crippen LogP) is 11.0. The van der Waals surface area contributed by atoms with E-state index in [4.69, 9.17) is 104 Å². The smallest absolute Gasteiger partial charge is 0.233 e. The number of aromatic nitrogens is 3. The minimum atomic E-state index is 0.0449. The van der Waals surface area contributed by atoms with E-state index in [2.05, 4.69) is 30.9 Å². The van der Waals surface area contributed by atoms with Gasteiger partial charge in [-0.1, -0.05) is 104 Å². The third kappa shape index (κ3) is 6.57. The molecule has 0 spiro atoms. The normalized spacial score (nSPS) is 10.9. The van der Waals surface area contributed by atoms with Crippen molar-refractivity contribution < 1.29 is 0 Å². The molecule has 1 aromatic heterocycles. The lowest BCUT2D eigenvalue weighted by Crippen LogP contribution is -2.08. The number of hydrogen-bond donors (Lipinski definition) is 3. The quantitative estimate of drug-likeness (QED) is 0.191. The Bertz CT molecular complexity index is 1220. The lowest BCUT2D eigenvalue weighted by Gasteiger charge is -2.15. The Morgan fingerprint density at radius 2 is 0.556 bits per heavy atom. The third-order valence-electron chi connectivity index (χ3n) is 4.37. The Labute approximate surface area is 250 Å². The van der Waals surface area contributed by atoms with Crippen LogP contribution in [-0.4, -0.2) is 15.0 Å². The van der Waals surface area contributed by atoms with Gasteiger partial charge in [0.1, 0.15) is 0 Å². The molecule has 4 rings (SSSR count). The van der Waals surface area contributed by atoms with E-state index in [0.29, 0.717) is 32.1 Å². The Hall–Kier alpha value is -1.32. The van der Waals surface area contributed by atoms with Crippen LogP contribution in [-0.2, 0) is 0 Å². The van der Waals surface area contributed by atoms with Crippen LogP contribution in [0.2, 0.25) is 45.2 Å². The van der Waals surface area contributed by atoms with Crippen LogP contribution >= 0.6 is 104 Å². The maximum absolute atomic E-state index is 6.31. The fourth-order valence-electron chi connectivity index (χ4n) is 2.86. The van der Waals surface area contributed by atoms with E-state index in [1.807, 2.05) is 0 Å². The van der Waals surface area contributed by atoms with Crippen molar-refractivity contribution in [3.8, 4) is 0 Å². The van der Waals surface area contributed by atoms with Crippen LogP contribution in [0.5, 0.6) is 0 Å². The van der Waals surface area contributed by atoms with Crippen LogP contribution in [0.1, 0.15) is 0 Å². The number of nitrogens with zero attached hydrogens (tertiary/aromatic N) is 3. The molecule has 3 aromatic carbocycles. The summed E-state index contributed by atoms with van der Waals surface area (Å²) in [5, 5.41) is 11.4. The standard InChI is InChI=1S/C21H9Cl9N6/c22-7-1-10(25)16(11(26)2-7)31-19-34-20(32-17-12(27)3-8(23)4-13(17)28)36-21(35-19)33-18-14(29)5-9(24)6-15(18)30/h1-6H,(H3,31,32,33,34,35,36). The second-order valence-corrected chi connectivity index (χ2v) is 10.7. The maximum atomic E-state index is 6.31. The molecule has 0 amide bonds. The Balaban J connectivity index is 1.79. The van der Waals surface area contributed by atoms with Gasteiger partial charge < -0.3 is 16.0 Å². The molecule has 0 aliphatic carbocycles. The lowest BCUT2D eigenvalue weighted by molar-refractivity contribution is 1.06. The molecule has 4 aromatic rings. The molecule has 15 heteroatoms. The van der Waals surface area contributed by atoms with Gasteiger partial charge >= 0.3 is 0 Å². The average molecular weight is 664 g/mol. The summed E-state index contributed by atoms with van der Waals surface area (Å²) < 4.78 is 0. The fourth-order valence-corrected chi connectivity index (χ4v) is 5.60. The molecular formula is C21H9Cl9N6.